The van der Waals surface area contributed by atoms with Gasteiger partial charge in [0.2, 0.25) is 5.91 Å². The predicted molar refractivity (Wildman–Crippen MR) is 120 cm³/mol. The van der Waals surface area contributed by atoms with E-state index in [0.29, 0.717) is 23.5 Å². The summed E-state index contributed by atoms with van der Waals surface area (Å²) < 4.78 is 10.9. The second-order valence-electron chi connectivity index (χ2n) is 7.49. The Bertz CT molecular complexity index is 1070. The molecular formula is C22H26N2O7S. The van der Waals surface area contributed by atoms with Gasteiger partial charge in [-0.15, -0.1) is 0 Å². The summed E-state index contributed by atoms with van der Waals surface area (Å²) in [4.78, 5) is 47.2. The van der Waals surface area contributed by atoms with Crippen LogP contribution in [0.25, 0.3) is 11.0 Å². The van der Waals surface area contributed by atoms with Gasteiger partial charge in [-0.2, -0.15) is 11.8 Å². The number of carbonyl (C=O) groups excluding carboxylic acids is 2. The van der Waals surface area contributed by atoms with Gasteiger partial charge in [-0.3, -0.25) is 9.59 Å². The molecular weight excluding hydrogens is 436 g/mol. The highest BCUT2D eigenvalue weighted by atomic mass is 32.2. The number of amides is 2. The van der Waals surface area contributed by atoms with Crippen LogP contribution in [0, 0.1) is 0 Å². The highest BCUT2D eigenvalue weighted by Gasteiger charge is 2.20. The molecule has 0 radical (unpaired) electrons. The summed E-state index contributed by atoms with van der Waals surface area (Å²) in [7, 11) is 0. The van der Waals surface area contributed by atoms with Gasteiger partial charge in [0.05, 0.1) is 0 Å². The fraction of sp³-hybridized carbons (Fsp3) is 0.455. The lowest BCUT2D eigenvalue weighted by molar-refractivity contribution is -0.141. The van der Waals surface area contributed by atoms with Crippen LogP contribution in [-0.2, 0) is 27.2 Å². The minimum absolute atomic E-state index is 0.0406. The molecule has 2 amide bonds. The zero-order valence-corrected chi connectivity index (χ0v) is 18.6. The van der Waals surface area contributed by atoms with Crippen LogP contribution in [0.2, 0.25) is 0 Å². The molecule has 1 atom stereocenters. The van der Waals surface area contributed by atoms with E-state index in [9.17, 15) is 19.2 Å². The Morgan fingerprint density at radius 1 is 1.22 bits per heavy atom. The van der Waals surface area contributed by atoms with Gasteiger partial charge in [-0.25, -0.2) is 9.59 Å². The molecule has 0 aliphatic heterocycles. The van der Waals surface area contributed by atoms with Crippen LogP contribution in [0.5, 0.6) is 5.75 Å². The van der Waals surface area contributed by atoms with E-state index in [0.717, 1.165) is 35.8 Å². The first kappa shape index (κ1) is 23.6. The molecule has 1 aromatic carbocycles. The number of hydrogen-bond donors (Lipinski definition) is 3. The molecule has 0 saturated carbocycles. The van der Waals surface area contributed by atoms with Gasteiger partial charge in [-0.1, -0.05) is 0 Å². The number of carboxylic acids is 1. The van der Waals surface area contributed by atoms with Crippen molar-refractivity contribution in [1.29, 1.82) is 0 Å². The molecule has 1 aliphatic carbocycles. The first-order valence-electron chi connectivity index (χ1n) is 10.4. The highest BCUT2D eigenvalue weighted by Crippen LogP contribution is 2.29. The summed E-state index contributed by atoms with van der Waals surface area (Å²) in [6.07, 6.45) is 4.66. The van der Waals surface area contributed by atoms with Gasteiger partial charge < -0.3 is 24.9 Å². The van der Waals surface area contributed by atoms with E-state index in [1.807, 2.05) is 12.3 Å². The summed E-state index contributed by atoms with van der Waals surface area (Å²) in [6, 6.07) is 4.21. The van der Waals surface area contributed by atoms with Crippen molar-refractivity contribution in [2.75, 3.05) is 25.2 Å². The first-order chi connectivity index (χ1) is 15.4. The Balaban J connectivity index is 1.45. The quantitative estimate of drug-likeness (QED) is 0.428. The standard InChI is InChI=1S/C22H26N2O7S/c1-32-10-8-17(21(27)28)24-19(25)7-9-23-20(26)12-30-13-5-6-15-14-3-2-4-16(14)22(29)31-18(15)11-13/h5-6,11,17H,2-4,7-10,12H2,1H3,(H,23,26)(H,24,25)(H,27,28)/t17-/m1/s1. The lowest BCUT2D eigenvalue weighted by Crippen LogP contribution is -2.42. The third-order valence-corrected chi connectivity index (χ3v) is 5.88. The number of carboxylic acid groups (broad SMARTS) is 1. The number of benzene rings is 1. The van der Waals surface area contributed by atoms with Crippen LogP contribution in [-0.4, -0.2) is 54.1 Å². The molecule has 1 heterocycles. The second kappa shape index (κ2) is 11.0. The zero-order chi connectivity index (χ0) is 23.1. The van der Waals surface area contributed by atoms with Crippen molar-refractivity contribution in [3.05, 3.63) is 39.7 Å². The van der Waals surface area contributed by atoms with E-state index < -0.39 is 23.8 Å². The van der Waals surface area contributed by atoms with Crippen LogP contribution in [0.15, 0.2) is 27.4 Å². The number of nitrogens with one attached hydrogen (secondary N) is 2. The van der Waals surface area contributed by atoms with Gasteiger partial charge in [0.25, 0.3) is 5.91 Å². The minimum Gasteiger partial charge on any atom is -0.484 e. The number of aliphatic carboxylic acids is 1. The maximum absolute atomic E-state index is 12.1. The van der Waals surface area contributed by atoms with Crippen molar-refractivity contribution < 1.29 is 28.6 Å². The van der Waals surface area contributed by atoms with Crippen molar-refractivity contribution in [2.24, 2.45) is 0 Å². The molecule has 10 heteroatoms. The van der Waals surface area contributed by atoms with Gasteiger partial charge >= 0.3 is 11.6 Å². The number of carbonyl (C=O) groups is 3. The van der Waals surface area contributed by atoms with Crippen molar-refractivity contribution in [1.82, 2.24) is 10.6 Å². The summed E-state index contributed by atoms with van der Waals surface area (Å²) in [5.41, 5.74) is 1.88. The molecule has 9 nitrogen and oxygen atoms in total. The number of aryl methyl sites for hydroxylation is 1. The number of fused-ring (bicyclic) bond motifs is 3. The lowest BCUT2D eigenvalue weighted by Gasteiger charge is -2.14. The van der Waals surface area contributed by atoms with Gasteiger partial charge in [0, 0.05) is 30.0 Å². The Morgan fingerprint density at radius 3 is 2.75 bits per heavy atom. The van der Waals surface area contributed by atoms with Gasteiger partial charge in [-0.05, 0) is 55.4 Å². The molecule has 0 spiro atoms. The summed E-state index contributed by atoms with van der Waals surface area (Å²) in [6.45, 7) is -0.213. The maximum atomic E-state index is 12.1. The number of hydrogen-bond acceptors (Lipinski definition) is 7. The number of thioether (sulfide) groups is 1. The van der Waals surface area contributed by atoms with Crippen LogP contribution < -0.4 is 21.0 Å². The summed E-state index contributed by atoms with van der Waals surface area (Å²) >= 11 is 1.50. The normalized spacial score (nSPS) is 13.4. The van der Waals surface area contributed by atoms with Crippen molar-refractivity contribution in [3.8, 4) is 5.75 Å². The van der Waals surface area contributed by atoms with E-state index in [-0.39, 0.29) is 25.2 Å². The Hall–Kier alpha value is -3.01. The van der Waals surface area contributed by atoms with Crippen LogP contribution >= 0.6 is 11.8 Å². The lowest BCUT2D eigenvalue weighted by atomic mass is 10.1. The predicted octanol–water partition coefficient (Wildman–Crippen LogP) is 1.49. The maximum Gasteiger partial charge on any atom is 0.339 e. The molecule has 0 fully saturated rings. The van der Waals surface area contributed by atoms with Crippen LogP contribution in [0.4, 0.5) is 0 Å². The topological polar surface area (TPSA) is 135 Å². The summed E-state index contributed by atoms with van der Waals surface area (Å²) in [5.74, 6) is -0.945. The highest BCUT2D eigenvalue weighted by molar-refractivity contribution is 7.98. The molecule has 3 rings (SSSR count). The van der Waals surface area contributed by atoms with Crippen molar-refractivity contribution in [2.45, 2.75) is 38.1 Å². The molecule has 1 aliphatic rings. The van der Waals surface area contributed by atoms with E-state index in [2.05, 4.69) is 10.6 Å². The van der Waals surface area contributed by atoms with E-state index in [1.54, 1.807) is 12.1 Å². The number of rotatable bonds is 11. The summed E-state index contributed by atoms with van der Waals surface area (Å²) in [5, 5.41) is 15.0. The second-order valence-corrected chi connectivity index (χ2v) is 8.47. The number of ether oxygens (including phenoxy) is 1. The fourth-order valence-electron chi connectivity index (χ4n) is 3.63. The first-order valence-corrected chi connectivity index (χ1v) is 11.8. The van der Waals surface area contributed by atoms with E-state index in [1.165, 1.54) is 11.8 Å². The molecule has 0 unspecified atom stereocenters. The monoisotopic (exact) mass is 462 g/mol. The van der Waals surface area contributed by atoms with Crippen molar-refractivity contribution in [3.63, 3.8) is 0 Å². The zero-order valence-electron chi connectivity index (χ0n) is 17.8. The molecule has 3 N–H and O–H groups in total. The molecule has 0 saturated heterocycles. The van der Waals surface area contributed by atoms with Crippen molar-refractivity contribution >= 4 is 40.5 Å². The van der Waals surface area contributed by atoms with Crippen LogP contribution in [0.1, 0.15) is 30.4 Å². The smallest absolute Gasteiger partial charge is 0.339 e. The molecule has 32 heavy (non-hydrogen) atoms. The fourth-order valence-corrected chi connectivity index (χ4v) is 4.10. The van der Waals surface area contributed by atoms with E-state index in [4.69, 9.17) is 14.3 Å². The Labute approximate surface area is 188 Å². The van der Waals surface area contributed by atoms with Crippen LogP contribution in [0.3, 0.4) is 0 Å². The third-order valence-electron chi connectivity index (χ3n) is 5.23. The average Bonchev–Trinajstić information content (AvgIpc) is 3.26. The molecule has 2 aromatic rings. The van der Waals surface area contributed by atoms with E-state index >= 15 is 0 Å². The average molecular weight is 463 g/mol. The Kier molecular flexibility index (Phi) is 8.15. The largest absolute Gasteiger partial charge is 0.484 e. The van der Waals surface area contributed by atoms with Gasteiger partial charge in [0.15, 0.2) is 6.61 Å². The SMILES string of the molecule is CSCC[C@@H](NC(=O)CCNC(=O)COc1ccc2c3c(c(=O)oc2c1)CCC3)C(=O)O. The van der Waals surface area contributed by atoms with Gasteiger partial charge in [0.1, 0.15) is 17.4 Å². The molecule has 0 bridgehead atoms. The molecule has 1 aromatic heterocycles. The Morgan fingerprint density at radius 2 is 2.00 bits per heavy atom. The molecule has 172 valence electrons. The third kappa shape index (κ3) is 6.03. The minimum atomic E-state index is -1.08.